The van der Waals surface area contributed by atoms with Crippen LogP contribution in [0.3, 0.4) is 0 Å². The molecule has 1 aromatic carbocycles. The Balaban J connectivity index is 1.78. The number of hydrogen-bond acceptors (Lipinski definition) is 3. The van der Waals surface area contributed by atoms with Crippen LogP contribution >= 0.6 is 0 Å². The van der Waals surface area contributed by atoms with E-state index in [2.05, 4.69) is 0 Å². The van der Waals surface area contributed by atoms with Gasteiger partial charge in [-0.25, -0.2) is 4.79 Å². The van der Waals surface area contributed by atoms with E-state index in [1.54, 1.807) is 0 Å². The number of carbonyl (C=O) groups excluding carboxylic acids is 1. The maximum Gasteiger partial charge on any atom is 0.410 e. The van der Waals surface area contributed by atoms with Gasteiger partial charge in [0.1, 0.15) is 12.6 Å². The van der Waals surface area contributed by atoms with Crippen LogP contribution in [-0.2, 0) is 11.3 Å². The predicted octanol–water partition coefficient (Wildman–Crippen LogP) is 2.92. The number of likely N-dealkylation sites (tertiary alicyclic amines) is 1. The summed E-state index contributed by atoms with van der Waals surface area (Å²) in [5, 5.41) is 0. The van der Waals surface area contributed by atoms with Crippen molar-refractivity contribution >= 4 is 6.09 Å². The van der Waals surface area contributed by atoms with E-state index < -0.39 is 24.2 Å². The van der Waals surface area contributed by atoms with E-state index in [1.165, 1.54) is 4.90 Å². The van der Waals surface area contributed by atoms with Gasteiger partial charge in [0.25, 0.3) is 0 Å². The highest BCUT2D eigenvalue weighted by Gasteiger charge is 2.43. The van der Waals surface area contributed by atoms with Crippen molar-refractivity contribution in [2.24, 2.45) is 11.7 Å². The van der Waals surface area contributed by atoms with Gasteiger partial charge in [0, 0.05) is 13.1 Å². The van der Waals surface area contributed by atoms with E-state index in [9.17, 15) is 18.0 Å². The Morgan fingerprint density at radius 1 is 1.27 bits per heavy atom. The summed E-state index contributed by atoms with van der Waals surface area (Å²) in [5.74, 6) is -0.641. The van der Waals surface area contributed by atoms with Crippen molar-refractivity contribution in [3.63, 3.8) is 0 Å². The summed E-state index contributed by atoms with van der Waals surface area (Å²) < 4.78 is 42.9. The first kappa shape index (κ1) is 16.6. The monoisotopic (exact) mass is 316 g/mol. The average Bonchev–Trinajstić information content (AvgIpc) is 2.52. The van der Waals surface area contributed by atoms with Crippen molar-refractivity contribution < 1.29 is 22.7 Å². The van der Waals surface area contributed by atoms with Crippen LogP contribution in [0.5, 0.6) is 0 Å². The van der Waals surface area contributed by atoms with E-state index in [0.29, 0.717) is 0 Å². The fourth-order valence-electron chi connectivity index (χ4n) is 2.52. The third-order valence-electron chi connectivity index (χ3n) is 3.89. The molecule has 2 rings (SSSR count). The van der Waals surface area contributed by atoms with Crippen LogP contribution < -0.4 is 5.73 Å². The molecule has 1 aromatic rings. The fraction of sp³-hybridized carbons (Fsp3) is 0.533. The lowest BCUT2D eigenvalue weighted by Crippen LogP contribution is -2.49. The summed E-state index contributed by atoms with van der Waals surface area (Å²) in [6.07, 6.45) is -4.41. The predicted molar refractivity (Wildman–Crippen MR) is 75.0 cm³/mol. The number of benzene rings is 1. The lowest BCUT2D eigenvalue weighted by Gasteiger charge is -2.34. The van der Waals surface area contributed by atoms with Gasteiger partial charge in [-0.1, -0.05) is 30.3 Å². The van der Waals surface area contributed by atoms with Crippen molar-refractivity contribution in [2.75, 3.05) is 13.1 Å². The van der Waals surface area contributed by atoms with Crippen LogP contribution in [-0.4, -0.2) is 36.3 Å². The molecular formula is C15H19F3N2O2. The van der Waals surface area contributed by atoms with Gasteiger partial charge >= 0.3 is 12.3 Å². The number of hydrogen-bond donors (Lipinski definition) is 1. The molecule has 0 bridgehead atoms. The molecule has 0 aliphatic carbocycles. The number of nitrogens with two attached hydrogens (primary N) is 1. The Morgan fingerprint density at radius 2 is 1.86 bits per heavy atom. The van der Waals surface area contributed by atoms with Gasteiger partial charge in [0.05, 0.1) is 0 Å². The highest BCUT2D eigenvalue weighted by atomic mass is 19.4. The number of ether oxygens (including phenoxy) is 1. The zero-order chi connectivity index (χ0) is 16.2. The molecule has 1 fully saturated rings. The maximum absolute atomic E-state index is 12.6. The summed E-state index contributed by atoms with van der Waals surface area (Å²) in [5.41, 5.74) is 6.09. The summed E-state index contributed by atoms with van der Waals surface area (Å²) in [6, 6.07) is 7.39. The van der Waals surface area contributed by atoms with Crippen molar-refractivity contribution in [2.45, 2.75) is 31.7 Å². The minimum absolute atomic E-state index is 0.154. The third kappa shape index (κ3) is 4.37. The molecule has 1 aliphatic rings. The normalized spacial score (nSPS) is 18.1. The molecule has 22 heavy (non-hydrogen) atoms. The summed E-state index contributed by atoms with van der Waals surface area (Å²) >= 11 is 0. The van der Waals surface area contributed by atoms with Crippen molar-refractivity contribution in [3.8, 4) is 0 Å². The lowest BCUT2D eigenvalue weighted by atomic mass is 9.90. The van der Waals surface area contributed by atoms with E-state index in [4.69, 9.17) is 10.5 Å². The molecule has 1 heterocycles. The molecule has 1 saturated heterocycles. The molecule has 1 unspecified atom stereocenters. The summed E-state index contributed by atoms with van der Waals surface area (Å²) in [6.45, 7) is 0.631. The molecule has 0 aromatic heterocycles. The number of rotatable bonds is 3. The second-order valence-electron chi connectivity index (χ2n) is 5.43. The Hall–Kier alpha value is -1.76. The van der Waals surface area contributed by atoms with Gasteiger partial charge in [-0.05, 0) is 24.3 Å². The van der Waals surface area contributed by atoms with Crippen LogP contribution in [0.15, 0.2) is 30.3 Å². The Labute approximate surface area is 127 Å². The molecule has 2 N–H and O–H groups in total. The second kappa shape index (κ2) is 7.00. The smallest absolute Gasteiger partial charge is 0.410 e. The molecule has 4 nitrogen and oxygen atoms in total. The van der Waals surface area contributed by atoms with Gasteiger partial charge in [0.2, 0.25) is 0 Å². The molecular weight excluding hydrogens is 297 g/mol. The van der Waals surface area contributed by atoms with Gasteiger partial charge in [-0.15, -0.1) is 0 Å². The van der Waals surface area contributed by atoms with Gasteiger partial charge < -0.3 is 15.4 Å². The van der Waals surface area contributed by atoms with Gasteiger partial charge in [-0.2, -0.15) is 13.2 Å². The summed E-state index contributed by atoms with van der Waals surface area (Å²) in [7, 11) is 0. The second-order valence-corrected chi connectivity index (χ2v) is 5.43. The highest BCUT2D eigenvalue weighted by molar-refractivity contribution is 5.67. The van der Waals surface area contributed by atoms with E-state index in [-0.39, 0.29) is 32.5 Å². The number of carbonyl (C=O) groups is 1. The Bertz CT molecular complexity index is 485. The van der Waals surface area contributed by atoms with Crippen LogP contribution in [0.2, 0.25) is 0 Å². The number of amides is 1. The Morgan fingerprint density at radius 3 is 2.41 bits per heavy atom. The SMILES string of the molecule is NC(C1CCN(C(=O)OCc2ccccc2)CC1)C(F)(F)F. The fourth-order valence-corrected chi connectivity index (χ4v) is 2.52. The third-order valence-corrected chi connectivity index (χ3v) is 3.89. The Kier molecular flexibility index (Phi) is 5.28. The van der Waals surface area contributed by atoms with Crippen molar-refractivity contribution in [1.29, 1.82) is 0 Å². The standard InChI is InChI=1S/C15H19F3N2O2/c16-15(17,18)13(19)12-6-8-20(9-7-12)14(21)22-10-11-4-2-1-3-5-11/h1-5,12-13H,6-10,19H2. The first-order chi connectivity index (χ1) is 10.4. The van der Waals surface area contributed by atoms with E-state index in [0.717, 1.165) is 5.56 Å². The summed E-state index contributed by atoms with van der Waals surface area (Å²) in [4.78, 5) is 13.3. The van der Waals surface area contributed by atoms with Gasteiger partial charge in [-0.3, -0.25) is 0 Å². The molecule has 0 radical (unpaired) electrons. The van der Waals surface area contributed by atoms with Crippen LogP contribution in [0.4, 0.5) is 18.0 Å². The molecule has 0 saturated carbocycles. The first-order valence-corrected chi connectivity index (χ1v) is 7.16. The topological polar surface area (TPSA) is 55.6 Å². The van der Waals surface area contributed by atoms with E-state index in [1.807, 2.05) is 30.3 Å². The molecule has 0 spiro atoms. The molecule has 1 atom stereocenters. The van der Waals surface area contributed by atoms with Gasteiger partial charge in [0.15, 0.2) is 0 Å². The van der Waals surface area contributed by atoms with Crippen LogP contribution in [0, 0.1) is 5.92 Å². The van der Waals surface area contributed by atoms with Crippen molar-refractivity contribution in [1.82, 2.24) is 4.90 Å². The number of nitrogens with zero attached hydrogens (tertiary/aromatic N) is 1. The molecule has 1 aliphatic heterocycles. The zero-order valence-electron chi connectivity index (χ0n) is 12.1. The molecule has 122 valence electrons. The number of halogens is 3. The molecule has 1 amide bonds. The molecule has 7 heteroatoms. The minimum atomic E-state index is -4.39. The van der Waals surface area contributed by atoms with Crippen LogP contribution in [0.1, 0.15) is 18.4 Å². The van der Waals surface area contributed by atoms with Crippen LogP contribution in [0.25, 0.3) is 0 Å². The first-order valence-electron chi connectivity index (χ1n) is 7.16. The number of alkyl halides is 3. The lowest BCUT2D eigenvalue weighted by molar-refractivity contribution is -0.162. The zero-order valence-corrected chi connectivity index (χ0v) is 12.1. The quantitative estimate of drug-likeness (QED) is 0.933. The number of piperidine rings is 1. The highest BCUT2D eigenvalue weighted by Crippen LogP contribution is 2.30. The van der Waals surface area contributed by atoms with Crippen molar-refractivity contribution in [3.05, 3.63) is 35.9 Å². The van der Waals surface area contributed by atoms with E-state index >= 15 is 0 Å². The minimum Gasteiger partial charge on any atom is -0.445 e. The average molecular weight is 316 g/mol. The maximum atomic E-state index is 12.6. The largest absolute Gasteiger partial charge is 0.445 e.